The van der Waals surface area contributed by atoms with Gasteiger partial charge in [0, 0.05) is 19.6 Å². The van der Waals surface area contributed by atoms with Gasteiger partial charge in [0.15, 0.2) is 5.82 Å². The number of sulfonamides is 1. The lowest BCUT2D eigenvalue weighted by Gasteiger charge is -2.32. The van der Waals surface area contributed by atoms with Gasteiger partial charge in [0.25, 0.3) is 0 Å². The van der Waals surface area contributed by atoms with Crippen molar-refractivity contribution in [1.29, 1.82) is 0 Å². The molecule has 1 aromatic carbocycles. The number of rotatable bonds is 8. The van der Waals surface area contributed by atoms with Gasteiger partial charge < -0.3 is 9.26 Å². The van der Waals surface area contributed by atoms with E-state index in [9.17, 15) is 8.42 Å². The van der Waals surface area contributed by atoms with Gasteiger partial charge in [0.1, 0.15) is 6.04 Å². The summed E-state index contributed by atoms with van der Waals surface area (Å²) in [6.07, 6.45) is 8.70. The Labute approximate surface area is 177 Å². The molecule has 1 atom stereocenters. The molecule has 1 aliphatic heterocycles. The molecule has 2 fully saturated rings. The van der Waals surface area contributed by atoms with Crippen LogP contribution >= 0.6 is 0 Å². The Morgan fingerprint density at radius 2 is 1.97 bits per heavy atom. The zero-order chi connectivity index (χ0) is 20.6. The number of hydrogen-bond acceptors (Lipinski definition) is 6. The molecule has 1 saturated heterocycles. The van der Waals surface area contributed by atoms with Crippen LogP contribution in [0.3, 0.4) is 0 Å². The minimum Gasteiger partial charge on any atom is -0.381 e. The second kappa shape index (κ2) is 8.40. The van der Waals surface area contributed by atoms with Crippen molar-refractivity contribution in [2.24, 2.45) is 5.92 Å². The van der Waals surface area contributed by atoms with Gasteiger partial charge in [-0.1, -0.05) is 17.6 Å². The third-order valence-electron chi connectivity index (χ3n) is 6.42. The maximum atomic E-state index is 13.5. The molecule has 2 aromatic rings. The summed E-state index contributed by atoms with van der Waals surface area (Å²) in [5.74, 6) is 1.71. The highest BCUT2D eigenvalue weighted by Gasteiger charge is 2.38. The highest BCUT2D eigenvalue weighted by atomic mass is 32.2. The van der Waals surface area contributed by atoms with Gasteiger partial charge in [-0.25, -0.2) is 8.42 Å². The molecule has 0 amide bonds. The van der Waals surface area contributed by atoms with Crippen molar-refractivity contribution in [2.45, 2.75) is 68.7 Å². The fourth-order valence-corrected chi connectivity index (χ4v) is 6.19. The molecule has 0 spiro atoms. The van der Waals surface area contributed by atoms with E-state index in [1.807, 2.05) is 12.1 Å². The quantitative estimate of drug-likeness (QED) is 0.595. The van der Waals surface area contributed by atoms with E-state index < -0.39 is 16.1 Å². The molecular formula is C22H29N3O4S. The topological polar surface area (TPSA) is 85.5 Å². The predicted molar refractivity (Wildman–Crippen MR) is 110 cm³/mol. The van der Waals surface area contributed by atoms with Gasteiger partial charge >= 0.3 is 0 Å². The van der Waals surface area contributed by atoms with Crippen LogP contribution in [0.2, 0.25) is 0 Å². The highest BCUT2D eigenvalue weighted by Crippen LogP contribution is 2.36. The zero-order valence-corrected chi connectivity index (χ0v) is 18.1. The summed E-state index contributed by atoms with van der Waals surface area (Å²) in [6.45, 7) is 1.85. The Morgan fingerprint density at radius 1 is 1.10 bits per heavy atom. The lowest BCUT2D eigenvalue weighted by Crippen LogP contribution is -2.38. The van der Waals surface area contributed by atoms with Gasteiger partial charge in [-0.05, 0) is 74.1 Å². The first-order valence-electron chi connectivity index (χ1n) is 11.1. The van der Waals surface area contributed by atoms with Crippen molar-refractivity contribution in [3.8, 4) is 0 Å². The third-order valence-corrected chi connectivity index (χ3v) is 8.32. The van der Waals surface area contributed by atoms with E-state index in [1.165, 1.54) is 18.4 Å². The fraction of sp³-hybridized carbons (Fsp3) is 0.636. The van der Waals surface area contributed by atoms with Crippen LogP contribution in [0, 0.1) is 5.92 Å². The molecule has 1 aromatic heterocycles. The van der Waals surface area contributed by atoms with Gasteiger partial charge in [0.2, 0.25) is 15.9 Å². The smallest absolute Gasteiger partial charge is 0.245 e. The average molecular weight is 432 g/mol. The normalized spacial score (nSPS) is 22.3. The van der Waals surface area contributed by atoms with E-state index in [1.54, 1.807) is 10.4 Å². The predicted octanol–water partition coefficient (Wildman–Crippen LogP) is 3.44. The molecule has 30 heavy (non-hydrogen) atoms. The van der Waals surface area contributed by atoms with Crippen molar-refractivity contribution < 1.29 is 17.7 Å². The maximum Gasteiger partial charge on any atom is 0.245 e. The second-order valence-corrected chi connectivity index (χ2v) is 10.6. The summed E-state index contributed by atoms with van der Waals surface area (Å²) in [4.78, 5) is 4.90. The molecule has 0 N–H and O–H groups in total. The second-order valence-electron chi connectivity index (χ2n) is 8.73. The molecule has 5 rings (SSSR count). The first kappa shape index (κ1) is 20.2. The van der Waals surface area contributed by atoms with Crippen LogP contribution in [-0.4, -0.2) is 42.6 Å². The number of piperidine rings is 1. The summed E-state index contributed by atoms with van der Waals surface area (Å²) >= 11 is 0. The van der Waals surface area contributed by atoms with Gasteiger partial charge in [0.05, 0.1) is 11.5 Å². The van der Waals surface area contributed by atoms with E-state index >= 15 is 0 Å². The van der Waals surface area contributed by atoms with Crippen molar-refractivity contribution in [3.63, 3.8) is 0 Å². The fourth-order valence-electron chi connectivity index (χ4n) is 4.49. The molecule has 0 bridgehead atoms. The summed E-state index contributed by atoms with van der Waals surface area (Å²) in [5, 5.41) is 4.07. The number of hydrogen-bond donors (Lipinski definition) is 0. The van der Waals surface area contributed by atoms with Crippen LogP contribution < -0.4 is 0 Å². The lowest BCUT2D eigenvalue weighted by molar-refractivity contribution is 0.125. The van der Waals surface area contributed by atoms with Gasteiger partial charge in [-0.15, -0.1) is 0 Å². The number of nitrogens with zero attached hydrogens (tertiary/aromatic N) is 3. The molecule has 3 aliphatic rings. The molecule has 8 heteroatoms. The van der Waals surface area contributed by atoms with Crippen LogP contribution in [0.1, 0.15) is 67.4 Å². The Morgan fingerprint density at radius 3 is 2.83 bits per heavy atom. The summed E-state index contributed by atoms with van der Waals surface area (Å²) in [7, 11) is -3.61. The summed E-state index contributed by atoms with van der Waals surface area (Å²) in [5.41, 5.74) is 2.44. The van der Waals surface area contributed by atoms with Crippen molar-refractivity contribution in [3.05, 3.63) is 41.0 Å². The van der Waals surface area contributed by atoms with Gasteiger partial charge in [-0.3, -0.25) is 0 Å². The van der Waals surface area contributed by atoms with Crippen molar-refractivity contribution in [1.82, 2.24) is 14.4 Å². The van der Waals surface area contributed by atoms with Crippen LogP contribution in [0.5, 0.6) is 0 Å². The minimum absolute atomic E-state index is 0.378. The van der Waals surface area contributed by atoms with Crippen molar-refractivity contribution >= 4 is 10.0 Å². The molecule has 7 nitrogen and oxygen atoms in total. The lowest BCUT2D eigenvalue weighted by atomic mass is 10.1. The van der Waals surface area contributed by atoms with Crippen molar-refractivity contribution in [2.75, 3.05) is 19.8 Å². The Hall–Kier alpha value is -1.77. The summed E-state index contributed by atoms with van der Waals surface area (Å²) < 4.78 is 39.7. The molecule has 2 heterocycles. The largest absolute Gasteiger partial charge is 0.381 e. The maximum absolute atomic E-state index is 13.5. The van der Waals surface area contributed by atoms with Crippen LogP contribution in [0.25, 0.3) is 0 Å². The molecule has 1 unspecified atom stereocenters. The number of fused-ring (bicyclic) bond motifs is 1. The first-order valence-corrected chi connectivity index (χ1v) is 12.6. The monoisotopic (exact) mass is 431 g/mol. The molecular weight excluding hydrogens is 402 g/mol. The number of ether oxygens (including phenoxy) is 1. The van der Waals surface area contributed by atoms with E-state index in [4.69, 9.17) is 9.26 Å². The Kier molecular flexibility index (Phi) is 5.64. The first-order chi connectivity index (χ1) is 14.6. The molecule has 2 aliphatic carbocycles. The van der Waals surface area contributed by atoms with E-state index in [0.29, 0.717) is 42.6 Å². The van der Waals surface area contributed by atoms with Crippen LogP contribution in [0.4, 0.5) is 0 Å². The number of aryl methyl sites for hydroxylation is 2. The average Bonchev–Trinajstić information content (AvgIpc) is 3.26. The SMILES string of the molecule is O=S(=O)(c1ccc2c(c1)CCC2)N1CCCCC1c1nc(CCOCC2CC2)no1. The molecule has 162 valence electrons. The molecule has 1 saturated carbocycles. The number of aromatic nitrogens is 2. The van der Waals surface area contributed by atoms with E-state index in [0.717, 1.165) is 50.2 Å². The molecule has 0 radical (unpaired) electrons. The number of benzene rings is 1. The highest BCUT2D eigenvalue weighted by molar-refractivity contribution is 7.89. The van der Waals surface area contributed by atoms with Crippen LogP contribution in [-0.2, 0) is 34.0 Å². The Balaban J connectivity index is 1.31. The van der Waals surface area contributed by atoms with E-state index in [-0.39, 0.29) is 0 Å². The minimum atomic E-state index is -3.61. The third kappa shape index (κ3) is 4.18. The zero-order valence-electron chi connectivity index (χ0n) is 17.3. The Bertz CT molecular complexity index is 1000. The summed E-state index contributed by atoms with van der Waals surface area (Å²) in [6, 6.07) is 5.19. The van der Waals surface area contributed by atoms with E-state index in [2.05, 4.69) is 10.1 Å². The standard InChI is InChI=1S/C22H29N3O4S/c26-30(27,19-10-9-17-4-3-5-18(17)14-19)25-12-2-1-6-20(25)22-23-21(24-29-22)11-13-28-15-16-7-8-16/h9-10,14,16,20H,1-8,11-13,15H2. The van der Waals surface area contributed by atoms with Crippen LogP contribution in [0.15, 0.2) is 27.6 Å². The van der Waals surface area contributed by atoms with Gasteiger partial charge in [-0.2, -0.15) is 9.29 Å².